The van der Waals surface area contributed by atoms with Gasteiger partial charge < -0.3 is 11.1 Å². The molecule has 1 amide bonds. The van der Waals surface area contributed by atoms with E-state index in [9.17, 15) is 4.79 Å². The summed E-state index contributed by atoms with van der Waals surface area (Å²) in [5.74, 6) is -0.316. The van der Waals surface area contributed by atoms with Gasteiger partial charge in [0.15, 0.2) is 0 Å². The SMILES string of the molecule is NC(=O)CNc1cccc2c1CCCC2. The largest absolute Gasteiger partial charge is 0.376 e. The average Bonchev–Trinajstić information content (AvgIpc) is 2.26. The molecule has 1 aromatic rings. The molecule has 2 rings (SSSR count). The van der Waals surface area contributed by atoms with Gasteiger partial charge in [-0.15, -0.1) is 0 Å². The van der Waals surface area contributed by atoms with Crippen LogP contribution >= 0.6 is 0 Å². The van der Waals surface area contributed by atoms with E-state index in [1.165, 1.54) is 24.0 Å². The smallest absolute Gasteiger partial charge is 0.236 e. The van der Waals surface area contributed by atoms with Crippen molar-refractivity contribution < 1.29 is 4.79 Å². The molecule has 80 valence electrons. The van der Waals surface area contributed by atoms with E-state index in [-0.39, 0.29) is 12.5 Å². The Kier molecular flexibility index (Phi) is 2.90. The van der Waals surface area contributed by atoms with E-state index in [4.69, 9.17) is 5.73 Å². The lowest BCUT2D eigenvalue weighted by molar-refractivity contribution is -0.116. The molecule has 0 radical (unpaired) electrons. The highest BCUT2D eigenvalue weighted by Crippen LogP contribution is 2.27. The number of anilines is 1. The Labute approximate surface area is 89.7 Å². The number of carbonyl (C=O) groups excluding carboxylic acids is 1. The first-order valence-corrected chi connectivity index (χ1v) is 5.40. The lowest BCUT2D eigenvalue weighted by atomic mass is 9.90. The Bertz CT molecular complexity index is 374. The minimum Gasteiger partial charge on any atom is -0.376 e. The van der Waals surface area contributed by atoms with Gasteiger partial charge in [0.2, 0.25) is 5.91 Å². The zero-order chi connectivity index (χ0) is 10.7. The molecule has 0 saturated heterocycles. The van der Waals surface area contributed by atoms with Gasteiger partial charge in [-0.2, -0.15) is 0 Å². The molecule has 0 unspecified atom stereocenters. The second-order valence-electron chi connectivity index (χ2n) is 3.97. The second-order valence-corrected chi connectivity index (χ2v) is 3.97. The molecule has 1 aliphatic rings. The Morgan fingerprint density at radius 1 is 1.33 bits per heavy atom. The van der Waals surface area contributed by atoms with Gasteiger partial charge in [0.05, 0.1) is 6.54 Å². The normalized spacial score (nSPS) is 14.4. The highest BCUT2D eigenvalue weighted by atomic mass is 16.1. The number of hydrogen-bond acceptors (Lipinski definition) is 2. The maximum atomic E-state index is 10.7. The van der Waals surface area contributed by atoms with Crippen molar-refractivity contribution >= 4 is 11.6 Å². The van der Waals surface area contributed by atoms with Gasteiger partial charge in [-0.1, -0.05) is 12.1 Å². The minimum absolute atomic E-state index is 0.219. The standard InChI is InChI=1S/C12H16N2O/c13-12(15)8-14-11-7-3-5-9-4-1-2-6-10(9)11/h3,5,7,14H,1-2,4,6,8H2,(H2,13,15). The lowest BCUT2D eigenvalue weighted by Gasteiger charge is -2.19. The predicted octanol–water partition coefficient (Wildman–Crippen LogP) is 1.46. The number of amides is 1. The molecule has 15 heavy (non-hydrogen) atoms. The summed E-state index contributed by atoms with van der Waals surface area (Å²) >= 11 is 0. The molecule has 0 saturated carbocycles. The number of carbonyl (C=O) groups is 1. The van der Waals surface area contributed by atoms with Gasteiger partial charge in [-0.25, -0.2) is 0 Å². The first-order valence-electron chi connectivity index (χ1n) is 5.40. The van der Waals surface area contributed by atoms with Crippen LogP contribution in [0.15, 0.2) is 18.2 Å². The molecule has 0 fully saturated rings. The van der Waals surface area contributed by atoms with Crippen LogP contribution in [0.5, 0.6) is 0 Å². The number of benzene rings is 1. The molecule has 0 aliphatic heterocycles. The minimum atomic E-state index is -0.316. The molecule has 3 N–H and O–H groups in total. The Hall–Kier alpha value is -1.51. The van der Waals surface area contributed by atoms with Crippen LogP contribution in [0.3, 0.4) is 0 Å². The lowest BCUT2D eigenvalue weighted by Crippen LogP contribution is -2.22. The highest BCUT2D eigenvalue weighted by Gasteiger charge is 2.12. The van der Waals surface area contributed by atoms with Gasteiger partial charge in [0.1, 0.15) is 0 Å². The molecule has 3 heteroatoms. The third-order valence-corrected chi connectivity index (χ3v) is 2.85. The van der Waals surface area contributed by atoms with E-state index in [1.54, 1.807) is 0 Å². The molecule has 3 nitrogen and oxygen atoms in total. The fourth-order valence-electron chi connectivity index (χ4n) is 2.13. The zero-order valence-corrected chi connectivity index (χ0v) is 8.75. The van der Waals surface area contributed by atoms with Crippen molar-refractivity contribution in [2.75, 3.05) is 11.9 Å². The number of aryl methyl sites for hydroxylation is 1. The topological polar surface area (TPSA) is 55.1 Å². The predicted molar refractivity (Wildman–Crippen MR) is 60.8 cm³/mol. The van der Waals surface area contributed by atoms with E-state index >= 15 is 0 Å². The highest BCUT2D eigenvalue weighted by molar-refractivity contribution is 5.79. The summed E-state index contributed by atoms with van der Waals surface area (Å²) in [7, 11) is 0. The first kappa shape index (κ1) is 10.0. The van der Waals surface area contributed by atoms with Crippen LogP contribution in [0.25, 0.3) is 0 Å². The first-order chi connectivity index (χ1) is 7.27. The van der Waals surface area contributed by atoms with E-state index in [0.717, 1.165) is 18.5 Å². The van der Waals surface area contributed by atoms with Crippen molar-refractivity contribution in [3.8, 4) is 0 Å². The molecule has 0 bridgehead atoms. The second kappa shape index (κ2) is 4.34. The third kappa shape index (κ3) is 2.29. The fraction of sp³-hybridized carbons (Fsp3) is 0.417. The molecule has 1 aromatic carbocycles. The third-order valence-electron chi connectivity index (χ3n) is 2.85. The summed E-state index contributed by atoms with van der Waals surface area (Å²) in [6.07, 6.45) is 4.77. The van der Waals surface area contributed by atoms with E-state index < -0.39 is 0 Å². The van der Waals surface area contributed by atoms with Crippen LogP contribution in [-0.2, 0) is 17.6 Å². The van der Waals surface area contributed by atoms with Crippen molar-refractivity contribution in [2.45, 2.75) is 25.7 Å². The quantitative estimate of drug-likeness (QED) is 0.783. The van der Waals surface area contributed by atoms with E-state index in [1.807, 2.05) is 12.1 Å². The summed E-state index contributed by atoms with van der Waals surface area (Å²) in [6.45, 7) is 0.219. The van der Waals surface area contributed by atoms with Crippen molar-refractivity contribution in [1.29, 1.82) is 0 Å². The molecular formula is C12H16N2O. The van der Waals surface area contributed by atoms with E-state index in [0.29, 0.717) is 0 Å². The number of nitrogens with one attached hydrogen (secondary N) is 1. The molecule has 1 aliphatic carbocycles. The van der Waals surface area contributed by atoms with Crippen molar-refractivity contribution in [2.24, 2.45) is 5.73 Å². The fourth-order valence-corrected chi connectivity index (χ4v) is 2.13. The summed E-state index contributed by atoms with van der Waals surface area (Å²) in [4.78, 5) is 10.7. The van der Waals surface area contributed by atoms with Crippen LogP contribution in [-0.4, -0.2) is 12.5 Å². The van der Waals surface area contributed by atoms with Crippen molar-refractivity contribution in [3.63, 3.8) is 0 Å². The van der Waals surface area contributed by atoms with Gasteiger partial charge in [0, 0.05) is 5.69 Å². The van der Waals surface area contributed by atoms with Crippen LogP contribution < -0.4 is 11.1 Å². The summed E-state index contributed by atoms with van der Waals surface area (Å²) in [5.41, 5.74) is 8.97. The summed E-state index contributed by atoms with van der Waals surface area (Å²) in [6, 6.07) is 6.23. The number of nitrogens with two attached hydrogens (primary N) is 1. The Morgan fingerprint density at radius 2 is 2.13 bits per heavy atom. The molecule has 0 heterocycles. The zero-order valence-electron chi connectivity index (χ0n) is 8.75. The summed E-state index contributed by atoms with van der Waals surface area (Å²) < 4.78 is 0. The maximum Gasteiger partial charge on any atom is 0.236 e. The van der Waals surface area contributed by atoms with Gasteiger partial charge in [-0.3, -0.25) is 4.79 Å². The molecule has 0 aromatic heterocycles. The van der Waals surface area contributed by atoms with Crippen LogP contribution in [0, 0.1) is 0 Å². The van der Waals surface area contributed by atoms with Crippen LogP contribution in [0.1, 0.15) is 24.0 Å². The van der Waals surface area contributed by atoms with Crippen LogP contribution in [0.2, 0.25) is 0 Å². The Morgan fingerprint density at radius 3 is 2.93 bits per heavy atom. The summed E-state index contributed by atoms with van der Waals surface area (Å²) in [5, 5.41) is 3.10. The van der Waals surface area contributed by atoms with E-state index in [2.05, 4.69) is 11.4 Å². The number of hydrogen-bond donors (Lipinski definition) is 2. The molecule has 0 spiro atoms. The molecular weight excluding hydrogens is 188 g/mol. The molecule has 0 atom stereocenters. The van der Waals surface area contributed by atoms with Gasteiger partial charge >= 0.3 is 0 Å². The number of rotatable bonds is 3. The maximum absolute atomic E-state index is 10.7. The van der Waals surface area contributed by atoms with Crippen molar-refractivity contribution in [3.05, 3.63) is 29.3 Å². The monoisotopic (exact) mass is 204 g/mol. The Balaban J connectivity index is 2.19. The van der Waals surface area contributed by atoms with Crippen LogP contribution in [0.4, 0.5) is 5.69 Å². The average molecular weight is 204 g/mol. The van der Waals surface area contributed by atoms with Gasteiger partial charge in [-0.05, 0) is 42.9 Å². The number of primary amides is 1. The number of fused-ring (bicyclic) bond motifs is 1. The van der Waals surface area contributed by atoms with Gasteiger partial charge in [0.25, 0.3) is 0 Å². The van der Waals surface area contributed by atoms with Crippen molar-refractivity contribution in [1.82, 2.24) is 0 Å².